The van der Waals surface area contributed by atoms with Gasteiger partial charge in [0.25, 0.3) is 11.8 Å². The number of aromatic nitrogens is 2. The second kappa shape index (κ2) is 14.9. The Labute approximate surface area is 269 Å². The van der Waals surface area contributed by atoms with Gasteiger partial charge in [-0.25, -0.2) is 9.97 Å². The van der Waals surface area contributed by atoms with Gasteiger partial charge in [-0.2, -0.15) is 0 Å². The van der Waals surface area contributed by atoms with Crippen molar-refractivity contribution in [1.82, 2.24) is 36.1 Å². The van der Waals surface area contributed by atoms with Crippen LogP contribution in [0.15, 0.2) is 10.8 Å². The van der Waals surface area contributed by atoms with Crippen LogP contribution >= 0.6 is 22.7 Å². The summed E-state index contributed by atoms with van der Waals surface area (Å²) in [6, 6.07) is -3.47. The van der Waals surface area contributed by atoms with Gasteiger partial charge in [0.15, 0.2) is 0 Å². The van der Waals surface area contributed by atoms with Gasteiger partial charge in [-0.05, 0) is 37.5 Å². The van der Waals surface area contributed by atoms with Gasteiger partial charge in [-0.1, -0.05) is 27.7 Å². The summed E-state index contributed by atoms with van der Waals surface area (Å²) >= 11 is 2.35. The lowest BCUT2D eigenvalue weighted by atomic mass is 9.99. The fourth-order valence-corrected chi connectivity index (χ4v) is 6.88. The lowest BCUT2D eigenvalue weighted by molar-refractivity contribution is -0.134. The molecule has 2 aliphatic heterocycles. The maximum Gasteiger partial charge on any atom is 0.274 e. The summed E-state index contributed by atoms with van der Waals surface area (Å²) in [5.41, 5.74) is 5.67. The molecule has 1 fully saturated rings. The Morgan fingerprint density at radius 1 is 0.956 bits per heavy atom. The van der Waals surface area contributed by atoms with Crippen molar-refractivity contribution in [2.75, 3.05) is 6.54 Å². The van der Waals surface area contributed by atoms with Gasteiger partial charge >= 0.3 is 0 Å². The largest absolute Gasteiger partial charge is 0.370 e. The molecule has 2 aliphatic rings. The monoisotopic (exact) mass is 660 g/mol. The molecule has 6 amide bonds. The third kappa shape index (κ3) is 8.63. The number of nitrogens with zero attached hydrogens (tertiary/aromatic N) is 3. The van der Waals surface area contributed by atoms with Crippen molar-refractivity contribution < 1.29 is 28.8 Å². The molecular weight excluding hydrogens is 621 g/mol. The maximum atomic E-state index is 13.6. The van der Waals surface area contributed by atoms with Crippen LogP contribution in [0, 0.1) is 11.8 Å². The first-order chi connectivity index (χ1) is 21.3. The van der Waals surface area contributed by atoms with Crippen LogP contribution < -0.4 is 27.0 Å². The van der Waals surface area contributed by atoms with Crippen LogP contribution in [-0.4, -0.2) is 75.0 Å². The number of nitrogens with one attached hydrogen (secondary N) is 4. The van der Waals surface area contributed by atoms with E-state index in [4.69, 9.17) is 5.73 Å². The highest BCUT2D eigenvalue weighted by Crippen LogP contribution is 2.25. The lowest BCUT2D eigenvalue weighted by Gasteiger charge is -2.29. The molecule has 4 rings (SSSR count). The Hall–Kier alpha value is -3.92. The summed E-state index contributed by atoms with van der Waals surface area (Å²) in [7, 11) is 0. The van der Waals surface area contributed by atoms with Gasteiger partial charge in [-0.3, -0.25) is 28.8 Å². The van der Waals surface area contributed by atoms with Crippen molar-refractivity contribution in [3.8, 4) is 0 Å². The molecule has 4 atom stereocenters. The fraction of sp³-hybridized carbons (Fsp3) is 0.586. The van der Waals surface area contributed by atoms with Crippen LogP contribution in [0.2, 0.25) is 0 Å². The molecule has 4 bridgehead atoms. The van der Waals surface area contributed by atoms with Crippen LogP contribution in [0.5, 0.6) is 0 Å². The molecule has 0 unspecified atom stereocenters. The van der Waals surface area contributed by atoms with Gasteiger partial charge in [0.2, 0.25) is 23.6 Å². The highest BCUT2D eigenvalue weighted by atomic mass is 32.1. The quantitative estimate of drug-likeness (QED) is 0.304. The normalized spacial score (nSPS) is 23.6. The number of carbonyl (C=O) groups is 6. The molecule has 45 heavy (non-hydrogen) atoms. The molecular formula is C29H40N8O6S2. The maximum absolute atomic E-state index is 13.6. The van der Waals surface area contributed by atoms with Crippen molar-refractivity contribution in [1.29, 1.82) is 0 Å². The Balaban J connectivity index is 1.69. The molecule has 0 spiro atoms. The highest BCUT2D eigenvalue weighted by molar-refractivity contribution is 7.10. The molecule has 244 valence electrons. The number of thiazole rings is 2. The topological polar surface area (TPSA) is 206 Å². The van der Waals surface area contributed by atoms with E-state index >= 15 is 0 Å². The third-order valence-electron chi connectivity index (χ3n) is 7.62. The standard InChI is InChI=1S/C29H40N8O6S2/c1-14(2)10-17-25(40)36-23(15(3)4)27(42)33-16(7-8-21(30)38)28-35-18(12-45-28)24(39)31-11-22-32-19(13-44-22)29(43)37-9-5-6-20(37)26(41)34-17/h12-17,20,23H,5-11H2,1-4H3,(H2,30,38)(H,31,39)(H,33,42)(H,34,41)(H,36,40)/t16-,17+,20+,23-/m1/s1. The summed E-state index contributed by atoms with van der Waals surface area (Å²) in [6.07, 6.45) is 1.44. The number of hydrogen-bond acceptors (Lipinski definition) is 10. The molecule has 14 nitrogen and oxygen atoms in total. The van der Waals surface area contributed by atoms with Crippen LogP contribution in [0.25, 0.3) is 0 Å². The van der Waals surface area contributed by atoms with E-state index in [0.29, 0.717) is 35.8 Å². The molecule has 1 saturated heterocycles. The molecule has 0 radical (unpaired) electrons. The zero-order valence-corrected chi connectivity index (χ0v) is 27.4. The van der Waals surface area contributed by atoms with Crippen molar-refractivity contribution in [3.05, 3.63) is 32.2 Å². The average molecular weight is 661 g/mol. The van der Waals surface area contributed by atoms with E-state index in [2.05, 4.69) is 31.2 Å². The molecule has 16 heteroatoms. The smallest absolute Gasteiger partial charge is 0.274 e. The SMILES string of the molecule is CC(C)C[C@@H]1NC(=O)[C@@H]2CCCN2C(=O)c2csc(n2)CNC(=O)c2csc(n2)[C@@H](CCC(N)=O)NC(=O)[C@@H](C(C)C)NC1=O. The zero-order chi connectivity index (χ0) is 32.8. The molecule has 6 N–H and O–H groups in total. The minimum atomic E-state index is -0.986. The van der Waals surface area contributed by atoms with Crippen molar-refractivity contribution in [3.63, 3.8) is 0 Å². The zero-order valence-electron chi connectivity index (χ0n) is 25.8. The van der Waals surface area contributed by atoms with Crippen molar-refractivity contribution in [2.24, 2.45) is 17.6 Å². The number of fused-ring (bicyclic) bond motifs is 5. The number of nitrogens with two attached hydrogens (primary N) is 1. The van der Waals surface area contributed by atoms with E-state index in [1.165, 1.54) is 16.2 Å². The minimum absolute atomic E-state index is 0.0326. The number of hydrogen-bond donors (Lipinski definition) is 5. The lowest BCUT2D eigenvalue weighted by Crippen LogP contribution is -2.58. The molecule has 0 aliphatic carbocycles. The van der Waals surface area contributed by atoms with Gasteiger partial charge in [0, 0.05) is 23.7 Å². The van der Waals surface area contributed by atoms with E-state index in [9.17, 15) is 28.8 Å². The van der Waals surface area contributed by atoms with Crippen LogP contribution in [0.1, 0.15) is 96.8 Å². The van der Waals surface area contributed by atoms with Crippen molar-refractivity contribution >= 4 is 58.1 Å². The summed E-state index contributed by atoms with van der Waals surface area (Å²) in [5.74, 6) is -3.25. The first-order valence-electron chi connectivity index (χ1n) is 15.0. The van der Waals surface area contributed by atoms with E-state index in [-0.39, 0.29) is 42.6 Å². The Morgan fingerprint density at radius 2 is 1.67 bits per heavy atom. The van der Waals surface area contributed by atoms with E-state index in [1.54, 1.807) is 24.6 Å². The predicted octanol–water partition coefficient (Wildman–Crippen LogP) is 1.24. The molecule has 0 aromatic carbocycles. The second-order valence-corrected chi connectivity index (χ2v) is 13.9. The van der Waals surface area contributed by atoms with Crippen LogP contribution in [0.3, 0.4) is 0 Å². The van der Waals surface area contributed by atoms with Gasteiger partial charge < -0.3 is 31.9 Å². The molecule has 4 heterocycles. The number of primary amides is 1. The van der Waals surface area contributed by atoms with Crippen LogP contribution in [-0.2, 0) is 25.7 Å². The first kappa shape index (κ1) is 34.0. The first-order valence-corrected chi connectivity index (χ1v) is 16.8. The number of carbonyl (C=O) groups excluding carboxylic acids is 6. The Kier molecular flexibility index (Phi) is 11.3. The Bertz CT molecular complexity index is 1440. The van der Waals surface area contributed by atoms with Crippen LogP contribution in [0.4, 0.5) is 0 Å². The van der Waals surface area contributed by atoms with Gasteiger partial charge in [-0.15, -0.1) is 22.7 Å². The minimum Gasteiger partial charge on any atom is -0.370 e. The summed E-state index contributed by atoms with van der Waals surface area (Å²) in [6.45, 7) is 7.80. The predicted molar refractivity (Wildman–Crippen MR) is 167 cm³/mol. The number of rotatable bonds is 6. The second-order valence-electron chi connectivity index (χ2n) is 12.0. The number of amides is 6. The molecule has 2 aromatic rings. The van der Waals surface area contributed by atoms with Gasteiger partial charge in [0.05, 0.1) is 12.6 Å². The average Bonchev–Trinajstić information content (AvgIpc) is 3.76. The van der Waals surface area contributed by atoms with E-state index in [0.717, 1.165) is 11.3 Å². The fourth-order valence-electron chi connectivity index (χ4n) is 5.28. The van der Waals surface area contributed by atoms with Gasteiger partial charge in [0.1, 0.15) is 39.5 Å². The van der Waals surface area contributed by atoms with E-state index in [1.807, 2.05) is 13.8 Å². The van der Waals surface area contributed by atoms with E-state index < -0.39 is 59.6 Å². The highest BCUT2D eigenvalue weighted by Gasteiger charge is 2.38. The summed E-state index contributed by atoms with van der Waals surface area (Å²) in [5, 5.41) is 15.3. The Morgan fingerprint density at radius 3 is 2.36 bits per heavy atom. The van der Waals surface area contributed by atoms with Crippen molar-refractivity contribution in [2.45, 2.75) is 90.5 Å². The summed E-state index contributed by atoms with van der Waals surface area (Å²) in [4.78, 5) is 89.0. The molecule has 2 aromatic heterocycles. The molecule has 0 saturated carbocycles. The third-order valence-corrected chi connectivity index (χ3v) is 9.43. The summed E-state index contributed by atoms with van der Waals surface area (Å²) < 4.78 is 0.